The van der Waals surface area contributed by atoms with Gasteiger partial charge in [0.15, 0.2) is 0 Å². The van der Waals surface area contributed by atoms with Crippen molar-refractivity contribution in [3.63, 3.8) is 0 Å². The third kappa shape index (κ3) is 4.87. The Morgan fingerprint density at radius 1 is 1.39 bits per heavy atom. The van der Waals surface area contributed by atoms with Gasteiger partial charge in [-0.2, -0.15) is 5.26 Å². The summed E-state index contributed by atoms with van der Waals surface area (Å²) in [5, 5.41) is 12.9. The van der Waals surface area contributed by atoms with Crippen molar-refractivity contribution in [1.82, 2.24) is 5.32 Å². The Hall–Kier alpha value is -1.73. The van der Waals surface area contributed by atoms with Gasteiger partial charge in [0.2, 0.25) is 5.91 Å². The van der Waals surface area contributed by atoms with Gasteiger partial charge in [0, 0.05) is 30.6 Å². The molecule has 1 heterocycles. The zero-order valence-corrected chi connectivity index (χ0v) is 14.4. The number of carbonyl (C=O) groups is 1. The molecule has 1 saturated heterocycles. The van der Waals surface area contributed by atoms with Crippen molar-refractivity contribution in [2.75, 3.05) is 24.5 Å². The van der Waals surface area contributed by atoms with Gasteiger partial charge in [-0.1, -0.05) is 31.4 Å². The second-order valence-corrected chi connectivity index (χ2v) is 6.47. The molecule has 1 amide bonds. The lowest BCUT2D eigenvalue weighted by molar-refractivity contribution is -0.125. The zero-order valence-electron chi connectivity index (χ0n) is 13.6. The van der Waals surface area contributed by atoms with E-state index in [1.807, 2.05) is 12.1 Å². The Morgan fingerprint density at radius 2 is 2.13 bits per heavy atom. The summed E-state index contributed by atoms with van der Waals surface area (Å²) in [7, 11) is 0. The topological polar surface area (TPSA) is 56.1 Å². The summed E-state index contributed by atoms with van der Waals surface area (Å²) in [5.41, 5.74) is 1.51. The van der Waals surface area contributed by atoms with Crippen LogP contribution in [0.15, 0.2) is 18.2 Å². The van der Waals surface area contributed by atoms with Crippen LogP contribution in [-0.2, 0) is 4.79 Å². The second-order valence-electron chi connectivity index (χ2n) is 6.03. The Morgan fingerprint density at radius 3 is 2.78 bits per heavy atom. The number of anilines is 1. The summed E-state index contributed by atoms with van der Waals surface area (Å²) in [6, 6.07) is 7.60. The molecule has 0 unspecified atom stereocenters. The number of rotatable bonds is 6. The summed E-state index contributed by atoms with van der Waals surface area (Å²) in [5.74, 6) is 0.267. The second kappa shape index (κ2) is 8.79. The lowest BCUT2D eigenvalue weighted by atomic mass is 9.95. The summed E-state index contributed by atoms with van der Waals surface area (Å²) in [6.07, 6.45) is 5.03. The van der Waals surface area contributed by atoms with E-state index in [4.69, 9.17) is 11.6 Å². The fourth-order valence-corrected chi connectivity index (χ4v) is 3.16. The molecule has 0 aromatic heterocycles. The predicted octanol–water partition coefficient (Wildman–Crippen LogP) is 3.73. The van der Waals surface area contributed by atoms with E-state index in [2.05, 4.69) is 23.2 Å². The number of unbranched alkanes of at least 4 members (excludes halogenated alkanes) is 2. The number of amides is 1. The minimum Gasteiger partial charge on any atom is -0.370 e. The number of hydrogen-bond acceptors (Lipinski definition) is 3. The van der Waals surface area contributed by atoms with Crippen molar-refractivity contribution in [3.05, 3.63) is 28.8 Å². The first-order valence-corrected chi connectivity index (χ1v) is 8.75. The van der Waals surface area contributed by atoms with Crippen molar-refractivity contribution in [2.45, 2.75) is 39.0 Å². The first kappa shape index (κ1) is 17.6. The highest BCUT2D eigenvalue weighted by atomic mass is 35.5. The average Bonchev–Trinajstić information content (AvgIpc) is 2.58. The number of halogens is 1. The predicted molar refractivity (Wildman–Crippen MR) is 93.6 cm³/mol. The molecule has 4 nitrogen and oxygen atoms in total. The van der Waals surface area contributed by atoms with E-state index in [1.165, 1.54) is 0 Å². The van der Waals surface area contributed by atoms with E-state index < -0.39 is 0 Å². The van der Waals surface area contributed by atoms with E-state index in [0.29, 0.717) is 10.6 Å². The maximum atomic E-state index is 12.2. The first-order chi connectivity index (χ1) is 11.2. The normalized spacial score (nSPS) is 15.3. The highest BCUT2D eigenvalue weighted by molar-refractivity contribution is 6.30. The number of piperidine rings is 1. The largest absolute Gasteiger partial charge is 0.370 e. The van der Waals surface area contributed by atoms with Crippen LogP contribution in [0.1, 0.15) is 44.6 Å². The van der Waals surface area contributed by atoms with Gasteiger partial charge in [-0.25, -0.2) is 0 Å². The van der Waals surface area contributed by atoms with Crippen molar-refractivity contribution in [3.8, 4) is 6.07 Å². The molecule has 1 aromatic carbocycles. The molecule has 5 heteroatoms. The van der Waals surface area contributed by atoms with Gasteiger partial charge in [-0.15, -0.1) is 0 Å². The number of nitrogens with one attached hydrogen (secondary N) is 1. The van der Waals surface area contributed by atoms with Gasteiger partial charge in [-0.05, 0) is 37.5 Å². The van der Waals surface area contributed by atoms with E-state index >= 15 is 0 Å². The van der Waals surface area contributed by atoms with Crippen LogP contribution in [-0.4, -0.2) is 25.5 Å². The molecule has 2 rings (SSSR count). The van der Waals surface area contributed by atoms with Gasteiger partial charge >= 0.3 is 0 Å². The number of carbonyl (C=O) groups excluding carboxylic acids is 1. The van der Waals surface area contributed by atoms with E-state index in [1.54, 1.807) is 6.07 Å². The molecule has 1 aliphatic rings. The number of hydrogen-bond donors (Lipinski definition) is 1. The number of nitrogens with zero attached hydrogens (tertiary/aromatic N) is 2. The zero-order chi connectivity index (χ0) is 16.7. The maximum absolute atomic E-state index is 12.2. The molecule has 0 spiro atoms. The SMILES string of the molecule is CCCCCNC(=O)C1CCN(c2ccc(Cl)cc2C#N)CC1. The molecule has 0 bridgehead atoms. The highest BCUT2D eigenvalue weighted by Crippen LogP contribution is 2.28. The Bertz CT molecular complexity index is 574. The molecule has 23 heavy (non-hydrogen) atoms. The molecule has 0 atom stereocenters. The van der Waals surface area contributed by atoms with Crippen LogP contribution in [0, 0.1) is 17.2 Å². The fraction of sp³-hybridized carbons (Fsp3) is 0.556. The van der Waals surface area contributed by atoms with Crippen LogP contribution >= 0.6 is 11.6 Å². The smallest absolute Gasteiger partial charge is 0.223 e. The Balaban J connectivity index is 1.87. The molecular formula is C18H24ClN3O. The van der Waals surface area contributed by atoms with Gasteiger partial charge < -0.3 is 10.2 Å². The molecule has 1 N–H and O–H groups in total. The van der Waals surface area contributed by atoms with Crippen LogP contribution in [0.25, 0.3) is 0 Å². The van der Waals surface area contributed by atoms with Gasteiger partial charge in [0.1, 0.15) is 6.07 Å². The van der Waals surface area contributed by atoms with E-state index in [-0.39, 0.29) is 11.8 Å². The minimum absolute atomic E-state index is 0.0886. The molecule has 1 aromatic rings. The average molecular weight is 334 g/mol. The third-order valence-corrected chi connectivity index (χ3v) is 4.60. The van der Waals surface area contributed by atoms with Crippen molar-refractivity contribution >= 4 is 23.2 Å². The van der Waals surface area contributed by atoms with Crippen molar-refractivity contribution in [2.24, 2.45) is 5.92 Å². The van der Waals surface area contributed by atoms with Crippen LogP contribution < -0.4 is 10.2 Å². The summed E-state index contributed by atoms with van der Waals surface area (Å²) in [4.78, 5) is 14.3. The lowest BCUT2D eigenvalue weighted by Crippen LogP contribution is -2.41. The summed E-state index contributed by atoms with van der Waals surface area (Å²) in [6.45, 7) is 4.53. The van der Waals surface area contributed by atoms with E-state index in [0.717, 1.165) is 57.4 Å². The van der Waals surface area contributed by atoms with E-state index in [9.17, 15) is 10.1 Å². The van der Waals surface area contributed by atoms with Gasteiger partial charge in [-0.3, -0.25) is 4.79 Å². The van der Waals surface area contributed by atoms with Gasteiger partial charge in [0.05, 0.1) is 11.3 Å². The highest BCUT2D eigenvalue weighted by Gasteiger charge is 2.25. The maximum Gasteiger partial charge on any atom is 0.223 e. The minimum atomic E-state index is 0.0886. The monoisotopic (exact) mass is 333 g/mol. The standard InChI is InChI=1S/C18H24ClN3O/c1-2-3-4-9-21-18(23)14-7-10-22(11-8-14)17-6-5-16(19)12-15(17)13-20/h5-6,12,14H,2-4,7-11H2,1H3,(H,21,23). The van der Waals surface area contributed by atoms with Crippen molar-refractivity contribution < 1.29 is 4.79 Å². The summed E-state index contributed by atoms with van der Waals surface area (Å²) >= 11 is 5.95. The summed E-state index contributed by atoms with van der Waals surface area (Å²) < 4.78 is 0. The quantitative estimate of drug-likeness (QED) is 0.807. The fourth-order valence-electron chi connectivity index (χ4n) is 2.99. The molecule has 0 radical (unpaired) electrons. The van der Waals surface area contributed by atoms with Crippen LogP contribution in [0.3, 0.4) is 0 Å². The lowest BCUT2D eigenvalue weighted by Gasteiger charge is -2.33. The number of nitriles is 1. The Kier molecular flexibility index (Phi) is 6.73. The van der Waals surface area contributed by atoms with Gasteiger partial charge in [0.25, 0.3) is 0 Å². The molecule has 124 valence electrons. The molecule has 0 aliphatic carbocycles. The van der Waals surface area contributed by atoms with Crippen LogP contribution in [0.2, 0.25) is 5.02 Å². The van der Waals surface area contributed by atoms with Crippen molar-refractivity contribution in [1.29, 1.82) is 5.26 Å². The number of benzene rings is 1. The molecule has 1 fully saturated rings. The molecule has 1 aliphatic heterocycles. The Labute approximate surface area is 143 Å². The van der Waals surface area contributed by atoms with Crippen LogP contribution in [0.5, 0.6) is 0 Å². The molecular weight excluding hydrogens is 310 g/mol. The van der Waals surface area contributed by atoms with Crippen LogP contribution in [0.4, 0.5) is 5.69 Å². The molecule has 0 saturated carbocycles. The first-order valence-electron chi connectivity index (χ1n) is 8.38. The third-order valence-electron chi connectivity index (χ3n) is 4.37.